The fourth-order valence-electron chi connectivity index (χ4n) is 2.38. The minimum atomic E-state index is 0.647. The Morgan fingerprint density at radius 3 is 3.00 bits per heavy atom. The van der Waals surface area contributed by atoms with Crippen LogP contribution in [0.4, 0.5) is 5.69 Å². The van der Waals surface area contributed by atoms with Gasteiger partial charge in [0.25, 0.3) is 0 Å². The molecule has 1 unspecified atom stereocenters. The number of halogens is 1. The van der Waals surface area contributed by atoms with Crippen molar-refractivity contribution in [2.24, 2.45) is 0 Å². The third-order valence-corrected chi connectivity index (χ3v) is 4.27. The number of rotatable bonds is 3. The Morgan fingerprint density at radius 2 is 2.29 bits per heavy atom. The first kappa shape index (κ1) is 12.9. The van der Waals surface area contributed by atoms with Gasteiger partial charge in [0.05, 0.1) is 0 Å². The van der Waals surface area contributed by atoms with Gasteiger partial charge in [0.15, 0.2) is 0 Å². The molecule has 0 aliphatic carbocycles. The highest BCUT2D eigenvalue weighted by molar-refractivity contribution is 9.10. The van der Waals surface area contributed by atoms with Crippen molar-refractivity contribution in [3.63, 3.8) is 0 Å². The van der Waals surface area contributed by atoms with Crippen molar-refractivity contribution in [1.82, 2.24) is 5.32 Å². The fourth-order valence-corrected chi connectivity index (χ4v) is 2.75. The maximum absolute atomic E-state index is 3.62. The van der Waals surface area contributed by atoms with Crippen molar-refractivity contribution in [3.05, 3.63) is 28.2 Å². The van der Waals surface area contributed by atoms with E-state index < -0.39 is 0 Å². The van der Waals surface area contributed by atoms with Crippen LogP contribution in [0, 0.1) is 6.92 Å². The van der Waals surface area contributed by atoms with E-state index in [0.717, 1.165) is 19.6 Å². The molecule has 0 saturated carbocycles. The van der Waals surface area contributed by atoms with Gasteiger partial charge in [0.2, 0.25) is 0 Å². The van der Waals surface area contributed by atoms with E-state index in [-0.39, 0.29) is 0 Å². The molecule has 0 aromatic heterocycles. The lowest BCUT2D eigenvalue weighted by atomic mass is 10.1. The van der Waals surface area contributed by atoms with Gasteiger partial charge in [0.1, 0.15) is 0 Å². The average molecular weight is 297 g/mol. The maximum Gasteiger partial charge on any atom is 0.0378 e. The van der Waals surface area contributed by atoms with Crippen molar-refractivity contribution < 1.29 is 0 Å². The van der Waals surface area contributed by atoms with Crippen molar-refractivity contribution in [3.8, 4) is 0 Å². The molecule has 0 spiro atoms. The number of aryl methyl sites for hydroxylation is 1. The van der Waals surface area contributed by atoms with Gasteiger partial charge in [-0.25, -0.2) is 0 Å². The van der Waals surface area contributed by atoms with Crippen molar-refractivity contribution >= 4 is 21.6 Å². The fraction of sp³-hybridized carbons (Fsp3) is 0.571. The van der Waals surface area contributed by atoms with E-state index in [1.807, 2.05) is 0 Å². The molecule has 1 saturated heterocycles. The van der Waals surface area contributed by atoms with Gasteiger partial charge < -0.3 is 10.2 Å². The van der Waals surface area contributed by atoms with Crippen LogP contribution in [0.25, 0.3) is 0 Å². The number of nitrogens with one attached hydrogen (secondary N) is 1. The molecule has 1 fully saturated rings. The molecule has 0 radical (unpaired) electrons. The molecule has 17 heavy (non-hydrogen) atoms. The quantitative estimate of drug-likeness (QED) is 0.920. The van der Waals surface area contributed by atoms with Crippen LogP contribution >= 0.6 is 15.9 Å². The van der Waals surface area contributed by atoms with E-state index >= 15 is 0 Å². The summed E-state index contributed by atoms with van der Waals surface area (Å²) in [6.45, 7) is 7.71. The minimum Gasteiger partial charge on any atom is -0.369 e. The number of hydrogen-bond acceptors (Lipinski definition) is 2. The molecule has 2 rings (SSSR count). The highest BCUT2D eigenvalue weighted by atomic mass is 79.9. The second-order valence-electron chi connectivity index (χ2n) is 4.82. The lowest BCUT2D eigenvalue weighted by Crippen LogP contribution is -2.50. The summed E-state index contributed by atoms with van der Waals surface area (Å²) in [6, 6.07) is 7.31. The van der Waals surface area contributed by atoms with Gasteiger partial charge in [-0.05, 0) is 31.0 Å². The van der Waals surface area contributed by atoms with E-state index in [4.69, 9.17) is 0 Å². The van der Waals surface area contributed by atoms with E-state index in [9.17, 15) is 0 Å². The van der Waals surface area contributed by atoms with Gasteiger partial charge in [-0.15, -0.1) is 0 Å². The summed E-state index contributed by atoms with van der Waals surface area (Å²) in [6.07, 6.45) is 2.52. The van der Waals surface area contributed by atoms with E-state index in [1.165, 1.54) is 28.6 Å². The Balaban J connectivity index is 2.08. The van der Waals surface area contributed by atoms with Gasteiger partial charge in [-0.3, -0.25) is 0 Å². The summed E-state index contributed by atoms with van der Waals surface area (Å²) in [5.74, 6) is 0. The van der Waals surface area contributed by atoms with E-state index in [1.54, 1.807) is 0 Å². The predicted octanol–water partition coefficient (Wildman–Crippen LogP) is 3.34. The number of benzene rings is 1. The van der Waals surface area contributed by atoms with Crippen LogP contribution in [-0.2, 0) is 0 Å². The SMILES string of the molecule is CCCC1CN(c2ccc(C)c(Br)c2)CCN1. The van der Waals surface area contributed by atoms with Crippen molar-refractivity contribution in [2.45, 2.75) is 32.7 Å². The summed E-state index contributed by atoms with van der Waals surface area (Å²) in [7, 11) is 0. The monoisotopic (exact) mass is 296 g/mol. The van der Waals surface area contributed by atoms with Gasteiger partial charge >= 0.3 is 0 Å². The molecule has 1 aromatic carbocycles. The van der Waals surface area contributed by atoms with Crippen LogP contribution in [0.2, 0.25) is 0 Å². The zero-order chi connectivity index (χ0) is 12.3. The highest BCUT2D eigenvalue weighted by Crippen LogP contribution is 2.24. The third kappa shape index (κ3) is 3.23. The molecule has 1 heterocycles. The number of anilines is 1. The molecule has 1 aliphatic rings. The number of nitrogens with zero attached hydrogens (tertiary/aromatic N) is 1. The van der Waals surface area contributed by atoms with Gasteiger partial charge in [-0.1, -0.05) is 35.3 Å². The second kappa shape index (κ2) is 5.87. The first-order valence-corrected chi connectivity index (χ1v) is 7.24. The molecule has 2 nitrogen and oxygen atoms in total. The lowest BCUT2D eigenvalue weighted by molar-refractivity contribution is 0.431. The summed E-state index contributed by atoms with van der Waals surface area (Å²) in [4.78, 5) is 2.49. The Morgan fingerprint density at radius 1 is 1.47 bits per heavy atom. The Kier molecular flexibility index (Phi) is 4.46. The van der Waals surface area contributed by atoms with E-state index in [0.29, 0.717) is 6.04 Å². The molecular weight excluding hydrogens is 276 g/mol. The topological polar surface area (TPSA) is 15.3 Å². The molecule has 0 amide bonds. The lowest BCUT2D eigenvalue weighted by Gasteiger charge is -2.35. The first-order chi connectivity index (χ1) is 8.20. The van der Waals surface area contributed by atoms with Gasteiger partial charge in [-0.2, -0.15) is 0 Å². The van der Waals surface area contributed by atoms with Gasteiger partial charge in [0, 0.05) is 35.8 Å². The second-order valence-corrected chi connectivity index (χ2v) is 5.67. The molecule has 1 N–H and O–H groups in total. The highest BCUT2D eigenvalue weighted by Gasteiger charge is 2.18. The Hall–Kier alpha value is -0.540. The standard InChI is InChI=1S/C14H21BrN2/c1-3-4-12-10-17(8-7-16-12)13-6-5-11(2)14(15)9-13/h5-6,9,12,16H,3-4,7-8,10H2,1-2H3. The summed E-state index contributed by atoms with van der Waals surface area (Å²) in [5, 5.41) is 3.59. The zero-order valence-corrected chi connectivity index (χ0v) is 12.3. The molecule has 1 atom stereocenters. The summed E-state index contributed by atoms with van der Waals surface area (Å²) >= 11 is 3.62. The molecular formula is C14H21BrN2. The Bertz CT molecular complexity index is 376. The summed E-state index contributed by atoms with van der Waals surface area (Å²) < 4.78 is 1.21. The van der Waals surface area contributed by atoms with Crippen molar-refractivity contribution in [2.75, 3.05) is 24.5 Å². The Labute approximate surface area is 113 Å². The largest absolute Gasteiger partial charge is 0.369 e. The molecule has 3 heteroatoms. The molecule has 1 aliphatic heterocycles. The number of piperazine rings is 1. The molecule has 0 bridgehead atoms. The third-order valence-electron chi connectivity index (χ3n) is 3.41. The van der Waals surface area contributed by atoms with E-state index in [2.05, 4.69) is 58.2 Å². The zero-order valence-electron chi connectivity index (χ0n) is 10.7. The molecule has 94 valence electrons. The van der Waals surface area contributed by atoms with Crippen LogP contribution < -0.4 is 10.2 Å². The summed E-state index contributed by atoms with van der Waals surface area (Å²) in [5.41, 5.74) is 2.64. The normalized spacial score (nSPS) is 20.6. The van der Waals surface area contributed by atoms with Crippen LogP contribution in [-0.4, -0.2) is 25.7 Å². The average Bonchev–Trinajstić information content (AvgIpc) is 2.33. The maximum atomic E-state index is 3.62. The minimum absolute atomic E-state index is 0.647. The number of hydrogen-bond donors (Lipinski definition) is 1. The van der Waals surface area contributed by atoms with Crippen LogP contribution in [0.15, 0.2) is 22.7 Å². The molecule has 1 aromatic rings. The predicted molar refractivity (Wildman–Crippen MR) is 77.8 cm³/mol. The van der Waals surface area contributed by atoms with Crippen LogP contribution in [0.3, 0.4) is 0 Å². The first-order valence-electron chi connectivity index (χ1n) is 6.45. The smallest absolute Gasteiger partial charge is 0.0378 e. The van der Waals surface area contributed by atoms with Crippen molar-refractivity contribution in [1.29, 1.82) is 0 Å². The van der Waals surface area contributed by atoms with Crippen LogP contribution in [0.5, 0.6) is 0 Å². The van der Waals surface area contributed by atoms with Crippen LogP contribution in [0.1, 0.15) is 25.3 Å².